The molecule has 0 aliphatic heterocycles. The van der Waals surface area contributed by atoms with E-state index in [1.54, 1.807) is 0 Å². The molecule has 0 saturated heterocycles. The van der Waals surface area contributed by atoms with Gasteiger partial charge in [-0.15, -0.1) is 0 Å². The van der Waals surface area contributed by atoms with Gasteiger partial charge in [0.25, 0.3) is 0 Å². The summed E-state index contributed by atoms with van der Waals surface area (Å²) in [5.74, 6) is -1.13. The number of ether oxygens (including phenoxy) is 1. The predicted molar refractivity (Wildman–Crippen MR) is 64.1 cm³/mol. The summed E-state index contributed by atoms with van der Waals surface area (Å²) < 4.78 is 32.6. The van der Waals surface area contributed by atoms with Gasteiger partial charge in [0, 0.05) is 12.2 Å². The van der Waals surface area contributed by atoms with Gasteiger partial charge >= 0.3 is 0 Å². The van der Waals surface area contributed by atoms with Crippen molar-refractivity contribution < 1.29 is 18.6 Å². The number of aliphatic hydroxyl groups excluding tert-OH is 1. The summed E-state index contributed by atoms with van der Waals surface area (Å²) in [5.41, 5.74) is -0.769. The highest BCUT2D eigenvalue weighted by Crippen LogP contribution is 2.43. The Balaban J connectivity index is 2.33. The van der Waals surface area contributed by atoms with E-state index in [0.29, 0.717) is 19.4 Å². The number of aliphatic hydroxyl groups is 1. The molecule has 1 aliphatic carbocycles. The summed E-state index contributed by atoms with van der Waals surface area (Å²) in [5, 5.41) is 10.4. The van der Waals surface area contributed by atoms with E-state index in [4.69, 9.17) is 4.74 Å². The fourth-order valence-corrected chi connectivity index (χ4v) is 2.77. The fraction of sp³-hybridized carbons (Fsp3) is 0.571. The topological polar surface area (TPSA) is 29.5 Å². The third-order valence-corrected chi connectivity index (χ3v) is 3.63. The van der Waals surface area contributed by atoms with E-state index in [-0.39, 0.29) is 5.56 Å². The van der Waals surface area contributed by atoms with Crippen LogP contribution in [0.15, 0.2) is 18.2 Å². The molecule has 100 valence electrons. The number of hydrogen-bond donors (Lipinski definition) is 1. The van der Waals surface area contributed by atoms with Crippen LogP contribution >= 0.6 is 0 Å². The molecule has 1 unspecified atom stereocenters. The van der Waals surface area contributed by atoms with E-state index in [1.165, 1.54) is 0 Å². The van der Waals surface area contributed by atoms with Gasteiger partial charge in [-0.1, -0.05) is 12.8 Å². The van der Waals surface area contributed by atoms with Crippen molar-refractivity contribution in [2.45, 2.75) is 44.3 Å². The zero-order chi connectivity index (χ0) is 13.2. The monoisotopic (exact) mass is 256 g/mol. The molecule has 0 heterocycles. The molecule has 1 atom stereocenters. The molecule has 0 spiro atoms. The Hall–Kier alpha value is -1.00. The Labute approximate surface area is 106 Å². The van der Waals surface area contributed by atoms with E-state index >= 15 is 0 Å². The maximum absolute atomic E-state index is 13.7. The standard InChI is InChI=1S/C14H18F2O2/c1-2-18-14(7-3-4-8-14)13(17)11-9-10(15)5-6-12(11)16/h5-6,9,13,17H,2-4,7-8H2,1H3. The van der Waals surface area contributed by atoms with Gasteiger partial charge in [0.2, 0.25) is 0 Å². The van der Waals surface area contributed by atoms with Crippen molar-refractivity contribution >= 4 is 0 Å². The average molecular weight is 256 g/mol. The van der Waals surface area contributed by atoms with Gasteiger partial charge in [0.1, 0.15) is 17.7 Å². The van der Waals surface area contributed by atoms with Gasteiger partial charge in [0.05, 0.1) is 5.60 Å². The maximum Gasteiger partial charge on any atom is 0.129 e. The van der Waals surface area contributed by atoms with E-state index in [1.807, 2.05) is 6.92 Å². The van der Waals surface area contributed by atoms with E-state index < -0.39 is 23.3 Å². The first-order valence-corrected chi connectivity index (χ1v) is 6.36. The minimum absolute atomic E-state index is 0.00894. The van der Waals surface area contributed by atoms with Crippen molar-refractivity contribution in [3.8, 4) is 0 Å². The summed E-state index contributed by atoms with van der Waals surface area (Å²) in [6.45, 7) is 2.29. The number of hydrogen-bond acceptors (Lipinski definition) is 2. The van der Waals surface area contributed by atoms with Crippen molar-refractivity contribution in [3.05, 3.63) is 35.4 Å². The van der Waals surface area contributed by atoms with Gasteiger partial charge in [-0.3, -0.25) is 0 Å². The Bertz CT molecular complexity index is 414. The molecule has 0 radical (unpaired) electrons. The zero-order valence-corrected chi connectivity index (χ0v) is 10.5. The predicted octanol–water partition coefficient (Wildman–Crippen LogP) is 3.35. The molecular formula is C14H18F2O2. The number of rotatable bonds is 4. The molecule has 0 bridgehead atoms. The van der Waals surface area contributed by atoms with E-state index in [9.17, 15) is 13.9 Å². The minimum Gasteiger partial charge on any atom is -0.385 e. The zero-order valence-electron chi connectivity index (χ0n) is 10.5. The summed E-state index contributed by atoms with van der Waals surface area (Å²) in [4.78, 5) is 0. The Morgan fingerprint density at radius 2 is 2.00 bits per heavy atom. The Kier molecular flexibility index (Phi) is 3.97. The highest BCUT2D eigenvalue weighted by atomic mass is 19.1. The third-order valence-electron chi connectivity index (χ3n) is 3.63. The molecule has 0 amide bonds. The molecule has 0 aromatic heterocycles. The summed E-state index contributed by atoms with van der Waals surface area (Å²) >= 11 is 0. The van der Waals surface area contributed by atoms with Crippen molar-refractivity contribution in [1.29, 1.82) is 0 Å². The van der Waals surface area contributed by atoms with Crippen LogP contribution in [0.25, 0.3) is 0 Å². The Morgan fingerprint density at radius 1 is 1.33 bits per heavy atom. The molecule has 18 heavy (non-hydrogen) atoms. The fourth-order valence-electron chi connectivity index (χ4n) is 2.77. The van der Waals surface area contributed by atoms with Gasteiger partial charge in [0.15, 0.2) is 0 Å². The molecule has 1 N–H and O–H groups in total. The van der Waals surface area contributed by atoms with E-state index in [2.05, 4.69) is 0 Å². The van der Waals surface area contributed by atoms with Gasteiger partial charge in [-0.25, -0.2) is 8.78 Å². The molecule has 1 fully saturated rings. The lowest BCUT2D eigenvalue weighted by atomic mass is 9.89. The second-order valence-corrected chi connectivity index (χ2v) is 4.77. The first-order chi connectivity index (χ1) is 8.59. The van der Waals surface area contributed by atoms with Crippen LogP contribution < -0.4 is 0 Å². The van der Waals surface area contributed by atoms with Crippen LogP contribution in [0.3, 0.4) is 0 Å². The first kappa shape index (κ1) is 13.4. The Morgan fingerprint density at radius 3 is 2.61 bits per heavy atom. The van der Waals surface area contributed by atoms with Crippen LogP contribution in [0.5, 0.6) is 0 Å². The molecule has 1 aromatic carbocycles. The second-order valence-electron chi connectivity index (χ2n) is 4.77. The molecule has 2 nitrogen and oxygen atoms in total. The molecular weight excluding hydrogens is 238 g/mol. The minimum atomic E-state index is -1.12. The lowest BCUT2D eigenvalue weighted by Gasteiger charge is -2.34. The van der Waals surface area contributed by atoms with Crippen LogP contribution in [0.1, 0.15) is 44.3 Å². The summed E-state index contributed by atoms with van der Waals surface area (Å²) in [7, 11) is 0. The van der Waals surface area contributed by atoms with Crippen molar-refractivity contribution in [2.75, 3.05) is 6.61 Å². The lowest BCUT2D eigenvalue weighted by Crippen LogP contribution is -2.37. The summed E-state index contributed by atoms with van der Waals surface area (Å²) in [6, 6.07) is 3.15. The molecule has 1 saturated carbocycles. The van der Waals surface area contributed by atoms with Crippen molar-refractivity contribution in [3.63, 3.8) is 0 Å². The molecule has 2 rings (SSSR count). The maximum atomic E-state index is 13.7. The number of benzene rings is 1. The normalized spacial score (nSPS) is 20.0. The smallest absolute Gasteiger partial charge is 0.129 e. The quantitative estimate of drug-likeness (QED) is 0.895. The van der Waals surface area contributed by atoms with E-state index in [0.717, 1.165) is 31.0 Å². The average Bonchev–Trinajstić information content (AvgIpc) is 2.82. The molecule has 4 heteroatoms. The van der Waals surface area contributed by atoms with Crippen LogP contribution in [0.2, 0.25) is 0 Å². The van der Waals surface area contributed by atoms with Gasteiger partial charge in [-0.05, 0) is 38.0 Å². The highest BCUT2D eigenvalue weighted by molar-refractivity contribution is 5.24. The van der Waals surface area contributed by atoms with Crippen molar-refractivity contribution in [2.24, 2.45) is 0 Å². The van der Waals surface area contributed by atoms with Gasteiger partial charge < -0.3 is 9.84 Å². The van der Waals surface area contributed by atoms with Gasteiger partial charge in [-0.2, -0.15) is 0 Å². The SMILES string of the molecule is CCOC1(C(O)c2cc(F)ccc2F)CCCC1. The third kappa shape index (κ3) is 2.40. The largest absolute Gasteiger partial charge is 0.385 e. The molecule has 1 aliphatic rings. The summed E-state index contributed by atoms with van der Waals surface area (Å²) in [6.07, 6.45) is 2.12. The second kappa shape index (κ2) is 5.33. The van der Waals surface area contributed by atoms with Crippen molar-refractivity contribution in [1.82, 2.24) is 0 Å². The van der Waals surface area contributed by atoms with Crippen LogP contribution in [-0.4, -0.2) is 17.3 Å². The lowest BCUT2D eigenvalue weighted by molar-refractivity contribution is -0.119. The van der Waals surface area contributed by atoms with Crippen LogP contribution in [0, 0.1) is 11.6 Å². The highest BCUT2D eigenvalue weighted by Gasteiger charge is 2.43. The van der Waals surface area contributed by atoms with Crippen LogP contribution in [0.4, 0.5) is 8.78 Å². The number of halogens is 2. The molecule has 1 aromatic rings. The van der Waals surface area contributed by atoms with Crippen LogP contribution in [-0.2, 0) is 4.74 Å². The first-order valence-electron chi connectivity index (χ1n) is 6.36.